The van der Waals surface area contributed by atoms with Crippen molar-refractivity contribution >= 4 is 23.2 Å². The van der Waals surface area contributed by atoms with E-state index in [2.05, 4.69) is 20.6 Å². The molecule has 3 rings (SSSR count). The minimum atomic E-state index is -0.277. The van der Waals surface area contributed by atoms with Crippen LogP contribution in [0.5, 0.6) is 5.75 Å². The number of aryl methyl sites for hydroxylation is 3. The molecule has 2 N–H and O–H groups in total. The Kier molecular flexibility index (Phi) is 5.35. The van der Waals surface area contributed by atoms with Gasteiger partial charge in [-0.05, 0) is 50.6 Å². The second-order valence-corrected chi connectivity index (χ2v) is 6.35. The van der Waals surface area contributed by atoms with E-state index in [0.29, 0.717) is 17.3 Å². The predicted octanol–water partition coefficient (Wildman–Crippen LogP) is 4.41. The SMILES string of the molecule is COc1cccc(Nc2nc(C)cc(C(=O)Nc3ccc(C)cc3C)n2)c1. The summed E-state index contributed by atoms with van der Waals surface area (Å²) in [6.07, 6.45) is 0. The van der Waals surface area contributed by atoms with Gasteiger partial charge in [-0.25, -0.2) is 9.97 Å². The van der Waals surface area contributed by atoms with Gasteiger partial charge in [-0.3, -0.25) is 4.79 Å². The highest BCUT2D eigenvalue weighted by molar-refractivity contribution is 6.03. The van der Waals surface area contributed by atoms with Crippen LogP contribution >= 0.6 is 0 Å². The van der Waals surface area contributed by atoms with Gasteiger partial charge in [0.25, 0.3) is 5.91 Å². The van der Waals surface area contributed by atoms with Crippen LogP contribution in [0, 0.1) is 20.8 Å². The molecule has 1 heterocycles. The van der Waals surface area contributed by atoms with Crippen LogP contribution in [-0.4, -0.2) is 23.0 Å². The van der Waals surface area contributed by atoms with E-state index >= 15 is 0 Å². The van der Waals surface area contributed by atoms with Gasteiger partial charge in [0.15, 0.2) is 0 Å². The molecule has 0 unspecified atom stereocenters. The van der Waals surface area contributed by atoms with Crippen molar-refractivity contribution in [2.45, 2.75) is 20.8 Å². The van der Waals surface area contributed by atoms with Gasteiger partial charge in [-0.2, -0.15) is 0 Å². The summed E-state index contributed by atoms with van der Waals surface area (Å²) >= 11 is 0. The van der Waals surface area contributed by atoms with E-state index in [1.54, 1.807) is 13.2 Å². The molecule has 1 amide bonds. The molecule has 138 valence electrons. The summed E-state index contributed by atoms with van der Waals surface area (Å²) in [7, 11) is 1.61. The van der Waals surface area contributed by atoms with Crippen LogP contribution in [0.1, 0.15) is 27.3 Å². The fourth-order valence-corrected chi connectivity index (χ4v) is 2.71. The third-order valence-corrected chi connectivity index (χ3v) is 4.04. The molecular formula is C21H22N4O2. The highest BCUT2D eigenvalue weighted by Gasteiger charge is 2.12. The lowest BCUT2D eigenvalue weighted by atomic mass is 10.1. The molecule has 0 spiro atoms. The lowest BCUT2D eigenvalue weighted by molar-refractivity contribution is 0.102. The van der Waals surface area contributed by atoms with Crippen molar-refractivity contribution in [1.29, 1.82) is 0 Å². The van der Waals surface area contributed by atoms with Gasteiger partial charge in [0.1, 0.15) is 11.4 Å². The van der Waals surface area contributed by atoms with E-state index in [4.69, 9.17) is 4.74 Å². The Morgan fingerprint density at radius 2 is 1.81 bits per heavy atom. The molecule has 0 atom stereocenters. The molecule has 0 fully saturated rings. The largest absolute Gasteiger partial charge is 0.497 e. The van der Waals surface area contributed by atoms with Crippen molar-refractivity contribution in [3.8, 4) is 5.75 Å². The zero-order chi connectivity index (χ0) is 19.4. The van der Waals surface area contributed by atoms with Crippen molar-refractivity contribution in [2.24, 2.45) is 0 Å². The van der Waals surface area contributed by atoms with Crippen molar-refractivity contribution < 1.29 is 9.53 Å². The number of carbonyl (C=O) groups is 1. The molecule has 0 bridgehead atoms. The maximum Gasteiger partial charge on any atom is 0.274 e. The number of hydrogen-bond donors (Lipinski definition) is 2. The Morgan fingerprint density at radius 1 is 1.00 bits per heavy atom. The highest BCUT2D eigenvalue weighted by Crippen LogP contribution is 2.21. The number of methoxy groups -OCH3 is 1. The minimum absolute atomic E-state index is 0.277. The molecule has 1 aromatic heterocycles. The topological polar surface area (TPSA) is 76.1 Å². The van der Waals surface area contributed by atoms with Crippen LogP contribution in [0.15, 0.2) is 48.5 Å². The number of ether oxygens (including phenoxy) is 1. The summed E-state index contributed by atoms with van der Waals surface area (Å²) in [5, 5.41) is 6.03. The predicted molar refractivity (Wildman–Crippen MR) is 107 cm³/mol. The minimum Gasteiger partial charge on any atom is -0.497 e. The lowest BCUT2D eigenvalue weighted by Crippen LogP contribution is -2.16. The molecule has 0 saturated carbocycles. The second kappa shape index (κ2) is 7.86. The number of amides is 1. The number of nitrogens with zero attached hydrogens (tertiary/aromatic N) is 2. The van der Waals surface area contributed by atoms with E-state index < -0.39 is 0 Å². The lowest BCUT2D eigenvalue weighted by Gasteiger charge is -2.11. The second-order valence-electron chi connectivity index (χ2n) is 6.35. The third-order valence-electron chi connectivity index (χ3n) is 4.04. The summed E-state index contributed by atoms with van der Waals surface area (Å²) in [5.74, 6) is 0.802. The molecule has 6 nitrogen and oxygen atoms in total. The Balaban J connectivity index is 1.82. The van der Waals surface area contributed by atoms with Crippen molar-refractivity contribution in [3.05, 3.63) is 71.0 Å². The van der Waals surface area contributed by atoms with Gasteiger partial charge < -0.3 is 15.4 Å². The molecule has 0 aliphatic heterocycles. The Morgan fingerprint density at radius 3 is 2.56 bits per heavy atom. The van der Waals surface area contributed by atoms with Crippen LogP contribution in [0.2, 0.25) is 0 Å². The normalized spacial score (nSPS) is 10.4. The first kappa shape index (κ1) is 18.4. The number of nitrogens with one attached hydrogen (secondary N) is 2. The standard InChI is InChI=1S/C21H22N4O2/c1-13-8-9-18(14(2)10-13)24-20(26)19-11-15(3)22-21(25-19)23-16-6-5-7-17(12-16)27-4/h5-12H,1-4H3,(H,24,26)(H,22,23,25). The molecule has 0 radical (unpaired) electrons. The van der Waals surface area contributed by atoms with E-state index in [0.717, 1.165) is 28.3 Å². The third kappa shape index (κ3) is 4.61. The average molecular weight is 362 g/mol. The van der Waals surface area contributed by atoms with Gasteiger partial charge in [0.05, 0.1) is 7.11 Å². The number of aromatic nitrogens is 2. The molecule has 6 heteroatoms. The van der Waals surface area contributed by atoms with E-state index in [1.165, 1.54) is 0 Å². The Labute approximate surface area is 158 Å². The molecule has 27 heavy (non-hydrogen) atoms. The first-order valence-electron chi connectivity index (χ1n) is 8.60. The van der Waals surface area contributed by atoms with E-state index in [-0.39, 0.29) is 5.91 Å². The Bertz CT molecular complexity index is 986. The number of hydrogen-bond acceptors (Lipinski definition) is 5. The van der Waals surface area contributed by atoms with Crippen molar-refractivity contribution in [3.63, 3.8) is 0 Å². The number of carbonyl (C=O) groups excluding carboxylic acids is 1. The van der Waals surface area contributed by atoms with Gasteiger partial charge >= 0.3 is 0 Å². The van der Waals surface area contributed by atoms with Crippen LogP contribution in [0.3, 0.4) is 0 Å². The number of anilines is 3. The number of benzene rings is 2. The van der Waals surface area contributed by atoms with Crippen molar-refractivity contribution in [2.75, 3.05) is 17.7 Å². The zero-order valence-electron chi connectivity index (χ0n) is 15.8. The molecule has 0 saturated heterocycles. The summed E-state index contributed by atoms with van der Waals surface area (Å²) < 4.78 is 5.22. The molecule has 0 aliphatic rings. The monoisotopic (exact) mass is 362 g/mol. The van der Waals surface area contributed by atoms with Crippen LogP contribution in [-0.2, 0) is 0 Å². The highest BCUT2D eigenvalue weighted by atomic mass is 16.5. The number of rotatable bonds is 5. The molecule has 2 aromatic carbocycles. The smallest absolute Gasteiger partial charge is 0.274 e. The average Bonchev–Trinajstić information content (AvgIpc) is 2.63. The van der Waals surface area contributed by atoms with Crippen molar-refractivity contribution in [1.82, 2.24) is 9.97 Å². The summed E-state index contributed by atoms with van der Waals surface area (Å²) in [6, 6.07) is 15.0. The summed E-state index contributed by atoms with van der Waals surface area (Å²) in [4.78, 5) is 21.4. The molecule has 0 aliphatic carbocycles. The molecular weight excluding hydrogens is 340 g/mol. The maximum absolute atomic E-state index is 12.7. The molecule has 3 aromatic rings. The van der Waals surface area contributed by atoms with Gasteiger partial charge in [0, 0.05) is 23.1 Å². The van der Waals surface area contributed by atoms with Gasteiger partial charge in [-0.1, -0.05) is 23.8 Å². The first-order valence-corrected chi connectivity index (χ1v) is 8.60. The van der Waals surface area contributed by atoms with E-state index in [9.17, 15) is 4.79 Å². The van der Waals surface area contributed by atoms with Crippen LogP contribution < -0.4 is 15.4 Å². The fraction of sp³-hybridized carbons (Fsp3) is 0.190. The Hall–Kier alpha value is -3.41. The summed E-state index contributed by atoms with van der Waals surface area (Å²) in [6.45, 7) is 5.80. The zero-order valence-corrected chi connectivity index (χ0v) is 15.8. The quantitative estimate of drug-likeness (QED) is 0.703. The van der Waals surface area contributed by atoms with Gasteiger partial charge in [-0.15, -0.1) is 0 Å². The maximum atomic E-state index is 12.7. The first-order chi connectivity index (χ1) is 12.9. The van der Waals surface area contributed by atoms with Gasteiger partial charge in [0.2, 0.25) is 5.95 Å². The fourth-order valence-electron chi connectivity index (χ4n) is 2.71. The van der Waals surface area contributed by atoms with Crippen LogP contribution in [0.25, 0.3) is 0 Å². The van der Waals surface area contributed by atoms with E-state index in [1.807, 2.05) is 63.2 Å². The van der Waals surface area contributed by atoms with Crippen LogP contribution in [0.4, 0.5) is 17.3 Å². The summed E-state index contributed by atoms with van der Waals surface area (Å²) in [5.41, 5.74) is 4.69.